The first kappa shape index (κ1) is 23.8. The van der Waals surface area contributed by atoms with Crippen LogP contribution in [0, 0.1) is 0 Å². The van der Waals surface area contributed by atoms with Crippen molar-refractivity contribution >= 4 is 38.5 Å². The number of benzene rings is 3. The second kappa shape index (κ2) is 10.2. The minimum absolute atomic E-state index is 0.155. The molecule has 0 aromatic heterocycles. The maximum Gasteiger partial charge on any atom is 0.261 e. The van der Waals surface area contributed by atoms with E-state index in [1.54, 1.807) is 11.8 Å². The first-order valence-corrected chi connectivity index (χ1v) is 11.4. The van der Waals surface area contributed by atoms with E-state index in [9.17, 15) is 9.59 Å². The fraction of sp³-hybridized carbons (Fsp3) is 0.308. The number of fused-ring (bicyclic) bond motifs is 1. The zero-order valence-corrected chi connectivity index (χ0v) is 20.5. The van der Waals surface area contributed by atoms with E-state index >= 15 is 0 Å². The molecule has 0 saturated heterocycles. The van der Waals surface area contributed by atoms with Crippen LogP contribution in [0.25, 0.3) is 10.8 Å². The normalized spacial score (nSPS) is 12.3. The van der Waals surface area contributed by atoms with Crippen molar-refractivity contribution in [1.29, 1.82) is 0 Å². The molecular weight excluding hydrogens is 468 g/mol. The highest BCUT2D eigenvalue weighted by molar-refractivity contribution is 9.10. The molecule has 3 aromatic rings. The lowest BCUT2D eigenvalue weighted by Gasteiger charge is -2.31. The Morgan fingerprint density at radius 2 is 1.66 bits per heavy atom. The molecule has 6 heteroatoms. The second-order valence-electron chi connectivity index (χ2n) is 8.83. The molecule has 0 spiro atoms. The van der Waals surface area contributed by atoms with Gasteiger partial charge in [0.15, 0.2) is 6.61 Å². The molecule has 0 radical (unpaired) electrons. The molecule has 1 unspecified atom stereocenters. The zero-order chi connectivity index (χ0) is 23.3. The number of amides is 2. The molecular formula is C26H29BrN2O3. The van der Waals surface area contributed by atoms with Gasteiger partial charge in [0.05, 0.1) is 0 Å². The largest absolute Gasteiger partial charge is 0.483 e. The molecule has 1 N–H and O–H groups in total. The van der Waals surface area contributed by atoms with Gasteiger partial charge in [-0.15, -0.1) is 0 Å². The summed E-state index contributed by atoms with van der Waals surface area (Å²) in [4.78, 5) is 27.7. The highest BCUT2D eigenvalue weighted by atomic mass is 79.9. The van der Waals surface area contributed by atoms with E-state index in [4.69, 9.17) is 4.74 Å². The molecule has 32 heavy (non-hydrogen) atoms. The van der Waals surface area contributed by atoms with Gasteiger partial charge in [-0.3, -0.25) is 9.59 Å². The number of nitrogens with zero attached hydrogens (tertiary/aromatic N) is 1. The summed E-state index contributed by atoms with van der Waals surface area (Å²) >= 11 is 3.43. The topological polar surface area (TPSA) is 58.6 Å². The Balaban J connectivity index is 1.80. The third-order valence-corrected chi connectivity index (χ3v) is 5.56. The van der Waals surface area contributed by atoms with Crippen molar-refractivity contribution in [3.63, 3.8) is 0 Å². The van der Waals surface area contributed by atoms with Crippen LogP contribution < -0.4 is 10.1 Å². The van der Waals surface area contributed by atoms with Gasteiger partial charge < -0.3 is 15.0 Å². The average Bonchev–Trinajstić information content (AvgIpc) is 2.75. The van der Waals surface area contributed by atoms with Crippen LogP contribution in [-0.2, 0) is 16.1 Å². The van der Waals surface area contributed by atoms with Gasteiger partial charge >= 0.3 is 0 Å². The molecule has 1 atom stereocenters. The quantitative estimate of drug-likeness (QED) is 0.481. The smallest absolute Gasteiger partial charge is 0.261 e. The molecule has 168 valence electrons. The second-order valence-corrected chi connectivity index (χ2v) is 9.74. The van der Waals surface area contributed by atoms with Gasteiger partial charge in [-0.1, -0.05) is 64.5 Å². The van der Waals surface area contributed by atoms with Crippen LogP contribution >= 0.6 is 15.9 Å². The summed E-state index contributed by atoms with van der Waals surface area (Å²) in [5.74, 6) is 0.192. The molecule has 0 aliphatic rings. The van der Waals surface area contributed by atoms with Crippen LogP contribution in [0.4, 0.5) is 0 Å². The van der Waals surface area contributed by atoms with Crippen molar-refractivity contribution in [3.8, 4) is 5.75 Å². The Morgan fingerprint density at radius 3 is 2.34 bits per heavy atom. The fourth-order valence-corrected chi connectivity index (χ4v) is 3.65. The number of carbonyl (C=O) groups is 2. The van der Waals surface area contributed by atoms with Crippen molar-refractivity contribution < 1.29 is 14.3 Å². The van der Waals surface area contributed by atoms with Gasteiger partial charge in [-0.05, 0) is 56.8 Å². The third kappa shape index (κ3) is 6.33. The van der Waals surface area contributed by atoms with E-state index in [0.29, 0.717) is 12.3 Å². The van der Waals surface area contributed by atoms with Gasteiger partial charge in [-0.25, -0.2) is 0 Å². The standard InChI is InChI=1S/C26H29BrN2O3/c1-18(25(31)28-26(2,3)4)29(16-19-12-14-21(27)15-13-19)24(30)17-32-23-11-7-9-20-8-5-6-10-22(20)23/h5-15,18H,16-17H2,1-4H3,(H,28,31). The maximum absolute atomic E-state index is 13.2. The summed E-state index contributed by atoms with van der Waals surface area (Å²) in [5, 5.41) is 4.95. The Morgan fingerprint density at radius 1 is 1.00 bits per heavy atom. The molecule has 2 amide bonds. The molecule has 5 nitrogen and oxygen atoms in total. The maximum atomic E-state index is 13.2. The monoisotopic (exact) mass is 496 g/mol. The van der Waals surface area contributed by atoms with Crippen LogP contribution in [-0.4, -0.2) is 34.9 Å². The molecule has 0 saturated carbocycles. The first-order chi connectivity index (χ1) is 15.1. The van der Waals surface area contributed by atoms with Crippen molar-refractivity contribution in [3.05, 3.63) is 76.8 Å². The minimum atomic E-state index is -0.651. The van der Waals surface area contributed by atoms with E-state index in [1.165, 1.54) is 0 Å². The van der Waals surface area contributed by atoms with E-state index in [2.05, 4.69) is 21.2 Å². The first-order valence-electron chi connectivity index (χ1n) is 10.6. The van der Waals surface area contributed by atoms with Gasteiger partial charge in [0.1, 0.15) is 11.8 Å². The summed E-state index contributed by atoms with van der Waals surface area (Å²) in [6.45, 7) is 7.66. The molecule has 3 aromatic carbocycles. The van der Waals surface area contributed by atoms with Crippen LogP contribution in [0.15, 0.2) is 71.2 Å². The van der Waals surface area contributed by atoms with Crippen molar-refractivity contribution in [2.75, 3.05) is 6.61 Å². The van der Waals surface area contributed by atoms with Gasteiger partial charge in [-0.2, -0.15) is 0 Å². The molecule has 0 bridgehead atoms. The molecule has 0 heterocycles. The number of rotatable bonds is 7. The number of hydrogen-bond donors (Lipinski definition) is 1. The predicted molar refractivity (Wildman–Crippen MR) is 131 cm³/mol. The van der Waals surface area contributed by atoms with E-state index in [0.717, 1.165) is 20.8 Å². The van der Waals surface area contributed by atoms with Gasteiger partial charge in [0.25, 0.3) is 5.91 Å². The van der Waals surface area contributed by atoms with Crippen LogP contribution in [0.5, 0.6) is 5.75 Å². The Hall–Kier alpha value is -2.86. The van der Waals surface area contributed by atoms with Crippen LogP contribution in [0.1, 0.15) is 33.3 Å². The van der Waals surface area contributed by atoms with Crippen LogP contribution in [0.2, 0.25) is 0 Å². The predicted octanol–water partition coefficient (Wildman–Crippen LogP) is 5.31. The van der Waals surface area contributed by atoms with Crippen molar-refractivity contribution in [2.45, 2.75) is 45.8 Å². The van der Waals surface area contributed by atoms with Crippen molar-refractivity contribution in [2.24, 2.45) is 0 Å². The Labute approximate surface area is 197 Å². The van der Waals surface area contributed by atoms with Crippen molar-refractivity contribution in [1.82, 2.24) is 10.2 Å². The number of ether oxygens (including phenoxy) is 1. The number of hydrogen-bond acceptors (Lipinski definition) is 3. The van der Waals surface area contributed by atoms with E-state index in [1.807, 2.05) is 87.5 Å². The summed E-state index contributed by atoms with van der Waals surface area (Å²) in [6.07, 6.45) is 0. The highest BCUT2D eigenvalue weighted by Crippen LogP contribution is 2.25. The molecule has 3 rings (SSSR count). The summed E-state index contributed by atoms with van der Waals surface area (Å²) in [5.41, 5.74) is 0.541. The Kier molecular flexibility index (Phi) is 7.56. The van der Waals surface area contributed by atoms with Gasteiger partial charge in [0.2, 0.25) is 5.91 Å². The SMILES string of the molecule is CC(C(=O)NC(C)(C)C)N(Cc1ccc(Br)cc1)C(=O)COc1cccc2ccccc12. The third-order valence-electron chi connectivity index (χ3n) is 5.03. The Bertz CT molecular complexity index is 1080. The highest BCUT2D eigenvalue weighted by Gasteiger charge is 2.28. The molecule has 0 fully saturated rings. The lowest BCUT2D eigenvalue weighted by Crippen LogP contribution is -2.53. The van der Waals surface area contributed by atoms with Crippen LogP contribution in [0.3, 0.4) is 0 Å². The summed E-state index contributed by atoms with van der Waals surface area (Å²) < 4.78 is 6.87. The van der Waals surface area contributed by atoms with Gasteiger partial charge in [0, 0.05) is 21.9 Å². The lowest BCUT2D eigenvalue weighted by atomic mass is 10.1. The minimum Gasteiger partial charge on any atom is -0.483 e. The summed E-state index contributed by atoms with van der Waals surface area (Å²) in [6, 6.07) is 20.7. The lowest BCUT2D eigenvalue weighted by molar-refractivity contribution is -0.142. The van der Waals surface area contributed by atoms with E-state index < -0.39 is 11.6 Å². The molecule has 0 aliphatic heterocycles. The average molecular weight is 497 g/mol. The zero-order valence-electron chi connectivity index (χ0n) is 18.9. The number of nitrogens with one attached hydrogen (secondary N) is 1. The number of carbonyl (C=O) groups excluding carboxylic acids is 2. The summed E-state index contributed by atoms with van der Waals surface area (Å²) in [7, 11) is 0. The fourth-order valence-electron chi connectivity index (χ4n) is 3.39. The molecule has 0 aliphatic carbocycles. The number of halogens is 1. The van der Waals surface area contributed by atoms with E-state index in [-0.39, 0.29) is 18.4 Å².